The minimum Gasteiger partial charge on any atom is -0.269 e. The minimum absolute atomic E-state index is 0.111. The molecule has 0 saturated carbocycles. The molecule has 2 amide bonds. The third kappa shape index (κ3) is 1.80. The molecule has 0 fully saturated rings. The second kappa shape index (κ2) is 4.56. The van der Waals surface area contributed by atoms with Gasteiger partial charge in [-0.15, -0.1) is 0 Å². The Morgan fingerprint density at radius 1 is 1.10 bits per heavy atom. The Hall–Kier alpha value is -2.50. The quantitative estimate of drug-likeness (QED) is 0.791. The molecule has 0 aliphatic carbocycles. The molecule has 1 aliphatic rings. The number of benzene rings is 1. The number of carbonyl (C=O) groups excluding carboxylic acids is 2. The number of fused-ring (bicyclic) bond motifs is 1. The van der Waals surface area contributed by atoms with Gasteiger partial charge < -0.3 is 0 Å². The molecule has 3 rings (SSSR count). The van der Waals surface area contributed by atoms with E-state index in [2.05, 4.69) is 10.1 Å². The van der Waals surface area contributed by atoms with Crippen LogP contribution in [0.3, 0.4) is 0 Å². The molecule has 0 spiro atoms. The molecule has 0 saturated heterocycles. The Balaban J connectivity index is 1.89. The minimum atomic E-state index is -0.281. The van der Waals surface area contributed by atoms with Crippen LogP contribution in [0.2, 0.25) is 0 Å². The van der Waals surface area contributed by atoms with E-state index in [1.807, 2.05) is 13.8 Å². The Bertz CT molecular complexity index is 670. The summed E-state index contributed by atoms with van der Waals surface area (Å²) in [6, 6.07) is 6.83. The van der Waals surface area contributed by atoms with Gasteiger partial charge in [0.1, 0.15) is 5.82 Å². The molecule has 1 aliphatic heterocycles. The zero-order chi connectivity index (χ0) is 14.3. The highest BCUT2D eigenvalue weighted by molar-refractivity contribution is 6.21. The van der Waals surface area contributed by atoms with Crippen molar-refractivity contribution in [3.63, 3.8) is 0 Å². The average molecular weight is 270 g/mol. The summed E-state index contributed by atoms with van der Waals surface area (Å²) in [6.45, 7) is 4.64. The lowest BCUT2D eigenvalue weighted by molar-refractivity contribution is 0.0638. The molecule has 102 valence electrons. The van der Waals surface area contributed by atoms with Crippen molar-refractivity contribution in [1.82, 2.24) is 19.7 Å². The van der Waals surface area contributed by atoms with Crippen LogP contribution in [0.1, 0.15) is 39.3 Å². The first kappa shape index (κ1) is 12.5. The number of hydrogen-bond acceptors (Lipinski definition) is 4. The molecule has 0 unspecified atom stereocenters. The summed E-state index contributed by atoms with van der Waals surface area (Å²) in [6.07, 6.45) is 0. The molecule has 0 bridgehead atoms. The van der Waals surface area contributed by atoms with Gasteiger partial charge in [-0.25, -0.2) is 4.98 Å². The van der Waals surface area contributed by atoms with Gasteiger partial charge in [0.2, 0.25) is 0 Å². The number of imide groups is 1. The molecule has 0 atom stereocenters. The van der Waals surface area contributed by atoms with Crippen LogP contribution in [-0.4, -0.2) is 31.5 Å². The lowest BCUT2D eigenvalue weighted by atomic mass is 10.1. The SMILES string of the molecule is CCn1nc(CN2C(=O)c3ccccc3C2=O)nc1C. The van der Waals surface area contributed by atoms with Crippen LogP contribution < -0.4 is 0 Å². The Morgan fingerprint density at radius 2 is 1.70 bits per heavy atom. The summed E-state index contributed by atoms with van der Waals surface area (Å²) in [5, 5.41) is 4.28. The van der Waals surface area contributed by atoms with E-state index in [0.29, 0.717) is 23.5 Å². The van der Waals surface area contributed by atoms with Gasteiger partial charge in [0.15, 0.2) is 5.82 Å². The lowest BCUT2D eigenvalue weighted by Crippen LogP contribution is -2.29. The maximum atomic E-state index is 12.2. The van der Waals surface area contributed by atoms with Crippen LogP contribution in [0, 0.1) is 6.92 Å². The maximum Gasteiger partial charge on any atom is 0.261 e. The van der Waals surface area contributed by atoms with E-state index in [9.17, 15) is 9.59 Å². The third-order valence-corrected chi connectivity index (χ3v) is 3.38. The van der Waals surface area contributed by atoms with Crippen LogP contribution in [0.15, 0.2) is 24.3 Å². The maximum absolute atomic E-state index is 12.2. The third-order valence-electron chi connectivity index (χ3n) is 3.38. The standard InChI is InChI=1S/C14H14N4O2/c1-3-18-9(2)15-12(16-18)8-17-13(19)10-6-4-5-7-11(10)14(17)20/h4-7H,3,8H2,1-2H3. The molecular weight excluding hydrogens is 256 g/mol. The summed E-state index contributed by atoms with van der Waals surface area (Å²) in [5.74, 6) is 0.699. The zero-order valence-electron chi connectivity index (χ0n) is 11.3. The fourth-order valence-corrected chi connectivity index (χ4v) is 2.37. The van der Waals surface area contributed by atoms with E-state index in [1.54, 1.807) is 28.9 Å². The fourth-order valence-electron chi connectivity index (χ4n) is 2.37. The van der Waals surface area contributed by atoms with Gasteiger partial charge in [-0.05, 0) is 26.0 Å². The van der Waals surface area contributed by atoms with E-state index in [0.717, 1.165) is 5.82 Å². The highest BCUT2D eigenvalue weighted by Gasteiger charge is 2.35. The number of rotatable bonds is 3. The molecule has 0 radical (unpaired) electrons. The largest absolute Gasteiger partial charge is 0.269 e. The van der Waals surface area contributed by atoms with E-state index < -0.39 is 0 Å². The first-order valence-electron chi connectivity index (χ1n) is 6.47. The van der Waals surface area contributed by atoms with Gasteiger partial charge in [0.05, 0.1) is 17.7 Å². The van der Waals surface area contributed by atoms with Gasteiger partial charge >= 0.3 is 0 Å². The topological polar surface area (TPSA) is 68.1 Å². The van der Waals surface area contributed by atoms with Crippen molar-refractivity contribution in [3.05, 3.63) is 47.0 Å². The number of nitrogens with zero attached hydrogens (tertiary/aromatic N) is 4. The number of aromatic nitrogens is 3. The second-order valence-corrected chi connectivity index (χ2v) is 4.63. The lowest BCUT2D eigenvalue weighted by Gasteiger charge is -2.10. The normalized spacial score (nSPS) is 14.0. The Labute approximate surface area is 116 Å². The summed E-state index contributed by atoms with van der Waals surface area (Å²) >= 11 is 0. The number of aryl methyl sites for hydroxylation is 2. The number of carbonyl (C=O) groups is 2. The molecule has 6 nitrogen and oxygen atoms in total. The molecule has 1 aromatic heterocycles. The molecular formula is C14H14N4O2. The molecule has 20 heavy (non-hydrogen) atoms. The van der Waals surface area contributed by atoms with Crippen molar-refractivity contribution < 1.29 is 9.59 Å². The number of amides is 2. The fraction of sp³-hybridized carbons (Fsp3) is 0.286. The van der Waals surface area contributed by atoms with Crippen molar-refractivity contribution >= 4 is 11.8 Å². The molecule has 2 heterocycles. The summed E-state index contributed by atoms with van der Waals surface area (Å²) in [4.78, 5) is 29.9. The Morgan fingerprint density at radius 3 is 2.20 bits per heavy atom. The van der Waals surface area contributed by atoms with Crippen LogP contribution in [0.5, 0.6) is 0 Å². The molecule has 2 aromatic rings. The van der Waals surface area contributed by atoms with Gasteiger partial charge in [-0.2, -0.15) is 5.10 Å². The van der Waals surface area contributed by atoms with Crippen LogP contribution in [0.4, 0.5) is 0 Å². The van der Waals surface area contributed by atoms with E-state index in [4.69, 9.17) is 0 Å². The van der Waals surface area contributed by atoms with E-state index in [1.165, 1.54) is 4.90 Å². The first-order chi connectivity index (χ1) is 9.61. The average Bonchev–Trinajstić information content (AvgIpc) is 2.93. The molecule has 6 heteroatoms. The monoisotopic (exact) mass is 270 g/mol. The van der Waals surface area contributed by atoms with Gasteiger partial charge in [0.25, 0.3) is 11.8 Å². The first-order valence-corrected chi connectivity index (χ1v) is 6.47. The van der Waals surface area contributed by atoms with Crippen molar-refractivity contribution in [2.75, 3.05) is 0 Å². The smallest absolute Gasteiger partial charge is 0.261 e. The van der Waals surface area contributed by atoms with Crippen molar-refractivity contribution in [2.24, 2.45) is 0 Å². The summed E-state index contributed by atoms with van der Waals surface area (Å²) in [5.41, 5.74) is 0.897. The van der Waals surface area contributed by atoms with Gasteiger partial charge in [-0.1, -0.05) is 12.1 Å². The van der Waals surface area contributed by atoms with Crippen molar-refractivity contribution in [2.45, 2.75) is 26.9 Å². The molecule has 1 aromatic carbocycles. The highest BCUT2D eigenvalue weighted by Crippen LogP contribution is 2.23. The second-order valence-electron chi connectivity index (χ2n) is 4.63. The van der Waals surface area contributed by atoms with Gasteiger partial charge in [-0.3, -0.25) is 19.2 Å². The van der Waals surface area contributed by atoms with Crippen LogP contribution in [0.25, 0.3) is 0 Å². The number of hydrogen-bond donors (Lipinski definition) is 0. The van der Waals surface area contributed by atoms with Crippen LogP contribution >= 0.6 is 0 Å². The highest BCUT2D eigenvalue weighted by atomic mass is 16.2. The predicted octanol–water partition coefficient (Wildman–Crippen LogP) is 1.40. The van der Waals surface area contributed by atoms with E-state index >= 15 is 0 Å². The summed E-state index contributed by atoms with van der Waals surface area (Å²) in [7, 11) is 0. The van der Waals surface area contributed by atoms with Crippen LogP contribution in [-0.2, 0) is 13.1 Å². The predicted molar refractivity (Wildman–Crippen MR) is 71.1 cm³/mol. The van der Waals surface area contributed by atoms with Gasteiger partial charge in [0, 0.05) is 6.54 Å². The van der Waals surface area contributed by atoms with Crippen molar-refractivity contribution in [3.8, 4) is 0 Å². The van der Waals surface area contributed by atoms with Crippen molar-refractivity contribution in [1.29, 1.82) is 0 Å². The Kier molecular flexibility index (Phi) is 2.85. The zero-order valence-corrected chi connectivity index (χ0v) is 11.3. The summed E-state index contributed by atoms with van der Waals surface area (Å²) < 4.78 is 1.74. The van der Waals surface area contributed by atoms with E-state index in [-0.39, 0.29) is 18.4 Å². The molecule has 0 N–H and O–H groups in total.